The molecule has 0 unspecified atom stereocenters. The van der Waals surface area contributed by atoms with Gasteiger partial charge in [0.1, 0.15) is 6.54 Å². The Morgan fingerprint density at radius 2 is 2.10 bits per heavy atom. The third-order valence-corrected chi connectivity index (χ3v) is 5.17. The molecule has 1 aromatic rings. The number of nitrogens with two attached hydrogens (primary N) is 1. The van der Waals surface area contributed by atoms with Crippen LogP contribution in [0.2, 0.25) is 0 Å². The van der Waals surface area contributed by atoms with E-state index in [2.05, 4.69) is 20.7 Å². The molecular weight excluding hydrogens is 348 g/mol. The minimum absolute atomic E-state index is 0.0514. The summed E-state index contributed by atoms with van der Waals surface area (Å²) in [4.78, 5) is 11.4. The van der Waals surface area contributed by atoms with E-state index < -0.39 is 16.0 Å². The van der Waals surface area contributed by atoms with Gasteiger partial charge in [0.05, 0.1) is 12.0 Å². The Labute approximate surface area is 127 Å². The Balaban J connectivity index is 3.14. The lowest BCUT2D eigenvalue weighted by Gasteiger charge is -2.20. The first-order valence-corrected chi connectivity index (χ1v) is 8.18. The summed E-state index contributed by atoms with van der Waals surface area (Å²) in [6.45, 7) is 1.74. The number of sulfonamides is 1. The second kappa shape index (κ2) is 7.05. The fourth-order valence-corrected chi connectivity index (χ4v) is 3.33. The average Bonchev–Trinajstić information content (AvgIpc) is 2.40. The maximum Gasteiger partial charge on any atom is 0.321 e. The number of nitrogen functional groups attached to an aromatic ring is 1. The molecule has 1 aromatic carbocycles. The second-order valence-electron chi connectivity index (χ2n) is 4.10. The van der Waals surface area contributed by atoms with Gasteiger partial charge in [-0.15, -0.1) is 0 Å². The van der Waals surface area contributed by atoms with Gasteiger partial charge in [-0.3, -0.25) is 4.79 Å². The Hall–Kier alpha value is -1.12. The van der Waals surface area contributed by atoms with E-state index in [0.717, 1.165) is 4.31 Å². The molecule has 112 valence electrons. The van der Waals surface area contributed by atoms with Gasteiger partial charge in [0, 0.05) is 16.7 Å². The number of methoxy groups -OCH3 is 1. The number of anilines is 1. The first-order chi connectivity index (χ1) is 9.32. The van der Waals surface area contributed by atoms with Gasteiger partial charge in [-0.1, -0.05) is 6.92 Å². The molecule has 0 aromatic heterocycles. The van der Waals surface area contributed by atoms with Crippen molar-refractivity contribution in [2.45, 2.75) is 18.2 Å². The van der Waals surface area contributed by atoms with Crippen molar-refractivity contribution >= 4 is 37.6 Å². The lowest BCUT2D eigenvalue weighted by molar-refractivity contribution is -0.140. The van der Waals surface area contributed by atoms with Gasteiger partial charge in [0.25, 0.3) is 0 Å². The van der Waals surface area contributed by atoms with Crippen molar-refractivity contribution in [3.63, 3.8) is 0 Å². The lowest BCUT2D eigenvalue weighted by Crippen LogP contribution is -2.36. The minimum atomic E-state index is -3.78. The topological polar surface area (TPSA) is 89.7 Å². The first kappa shape index (κ1) is 16.9. The zero-order valence-corrected chi connectivity index (χ0v) is 13.7. The fourth-order valence-electron chi connectivity index (χ4n) is 1.57. The van der Waals surface area contributed by atoms with Crippen LogP contribution in [0.15, 0.2) is 27.6 Å². The van der Waals surface area contributed by atoms with E-state index >= 15 is 0 Å². The van der Waals surface area contributed by atoms with Crippen molar-refractivity contribution in [2.75, 3.05) is 25.9 Å². The van der Waals surface area contributed by atoms with E-state index in [1.807, 2.05) is 6.92 Å². The molecule has 0 saturated carbocycles. The molecule has 0 aliphatic rings. The van der Waals surface area contributed by atoms with Crippen LogP contribution < -0.4 is 5.73 Å². The van der Waals surface area contributed by atoms with Gasteiger partial charge in [-0.25, -0.2) is 8.42 Å². The Kier molecular flexibility index (Phi) is 5.97. The van der Waals surface area contributed by atoms with E-state index in [4.69, 9.17) is 5.73 Å². The third-order valence-electron chi connectivity index (χ3n) is 2.61. The standard InChI is InChI=1S/C12H17BrN2O4S/c1-3-6-15(8-12(16)19-2)20(17,18)9-4-5-10(13)11(14)7-9/h4-5,7H,3,6,8,14H2,1-2H3. The molecule has 8 heteroatoms. The number of hydrogen-bond donors (Lipinski definition) is 1. The first-order valence-electron chi connectivity index (χ1n) is 5.95. The second-order valence-corrected chi connectivity index (χ2v) is 6.89. The highest BCUT2D eigenvalue weighted by molar-refractivity contribution is 9.10. The van der Waals surface area contributed by atoms with Crippen molar-refractivity contribution in [3.05, 3.63) is 22.7 Å². The number of esters is 1. The molecule has 0 saturated heterocycles. The van der Waals surface area contributed by atoms with Crippen LogP contribution in [0.3, 0.4) is 0 Å². The lowest BCUT2D eigenvalue weighted by atomic mass is 10.3. The van der Waals surface area contributed by atoms with Gasteiger partial charge < -0.3 is 10.5 Å². The predicted octanol–water partition coefficient (Wildman–Crippen LogP) is 1.60. The smallest absolute Gasteiger partial charge is 0.321 e. The van der Waals surface area contributed by atoms with Crippen LogP contribution in [0.5, 0.6) is 0 Å². The molecule has 0 bridgehead atoms. The number of halogens is 1. The van der Waals surface area contributed by atoms with Gasteiger partial charge in [-0.2, -0.15) is 4.31 Å². The monoisotopic (exact) mass is 364 g/mol. The number of carbonyl (C=O) groups is 1. The van der Waals surface area contributed by atoms with E-state index in [9.17, 15) is 13.2 Å². The Morgan fingerprint density at radius 3 is 2.60 bits per heavy atom. The molecule has 0 amide bonds. The van der Waals surface area contributed by atoms with Gasteiger partial charge in [-0.05, 0) is 40.5 Å². The average molecular weight is 365 g/mol. The van der Waals surface area contributed by atoms with Crippen LogP contribution in [0.4, 0.5) is 5.69 Å². The summed E-state index contributed by atoms with van der Waals surface area (Å²) in [6.07, 6.45) is 0.586. The SMILES string of the molecule is CCCN(CC(=O)OC)S(=O)(=O)c1ccc(Br)c(N)c1. The summed E-state index contributed by atoms with van der Waals surface area (Å²) in [5.74, 6) is -0.605. The van der Waals surface area contributed by atoms with Crippen LogP contribution in [0, 0.1) is 0 Å². The zero-order valence-electron chi connectivity index (χ0n) is 11.3. The maximum absolute atomic E-state index is 12.5. The highest BCUT2D eigenvalue weighted by atomic mass is 79.9. The molecule has 0 heterocycles. The largest absolute Gasteiger partial charge is 0.468 e. The summed E-state index contributed by atoms with van der Waals surface area (Å²) < 4.78 is 31.2. The normalized spacial score (nSPS) is 11.6. The van der Waals surface area contributed by atoms with E-state index in [0.29, 0.717) is 16.6 Å². The number of nitrogens with zero attached hydrogens (tertiary/aromatic N) is 1. The Morgan fingerprint density at radius 1 is 1.45 bits per heavy atom. The highest BCUT2D eigenvalue weighted by Gasteiger charge is 2.26. The number of rotatable bonds is 6. The van der Waals surface area contributed by atoms with Crippen LogP contribution in [0.25, 0.3) is 0 Å². The van der Waals surface area contributed by atoms with Crippen molar-refractivity contribution in [2.24, 2.45) is 0 Å². The van der Waals surface area contributed by atoms with Crippen LogP contribution in [-0.4, -0.2) is 38.9 Å². The number of hydrogen-bond acceptors (Lipinski definition) is 5. The summed E-state index contributed by atoms with van der Waals surface area (Å²) in [5.41, 5.74) is 6.02. The maximum atomic E-state index is 12.5. The van der Waals surface area contributed by atoms with Crippen LogP contribution in [-0.2, 0) is 19.6 Å². The fraction of sp³-hybridized carbons (Fsp3) is 0.417. The van der Waals surface area contributed by atoms with Crippen molar-refractivity contribution in [1.29, 1.82) is 0 Å². The van der Waals surface area contributed by atoms with Gasteiger partial charge in [0.2, 0.25) is 10.0 Å². The molecular formula is C12H17BrN2O4S. The molecule has 0 aliphatic carbocycles. The van der Waals surface area contributed by atoms with Gasteiger partial charge in [0.15, 0.2) is 0 Å². The van der Waals surface area contributed by atoms with E-state index in [1.165, 1.54) is 19.2 Å². The predicted molar refractivity (Wildman–Crippen MR) is 79.6 cm³/mol. The molecule has 20 heavy (non-hydrogen) atoms. The molecule has 0 aliphatic heterocycles. The zero-order chi connectivity index (χ0) is 15.3. The van der Waals surface area contributed by atoms with Crippen molar-refractivity contribution in [3.8, 4) is 0 Å². The molecule has 0 radical (unpaired) electrons. The van der Waals surface area contributed by atoms with Crippen LogP contribution in [0.1, 0.15) is 13.3 Å². The quantitative estimate of drug-likeness (QED) is 0.611. The number of ether oxygens (including phenoxy) is 1. The summed E-state index contributed by atoms with van der Waals surface area (Å²) in [7, 11) is -2.56. The number of carbonyl (C=O) groups excluding carboxylic acids is 1. The molecule has 0 atom stereocenters. The highest BCUT2D eigenvalue weighted by Crippen LogP contribution is 2.25. The molecule has 6 nitrogen and oxygen atoms in total. The summed E-state index contributed by atoms with van der Waals surface area (Å²) in [6, 6.07) is 4.36. The Bertz CT molecular complexity index is 589. The third kappa shape index (κ3) is 3.94. The molecule has 0 fully saturated rings. The van der Waals surface area contributed by atoms with Crippen molar-refractivity contribution < 1.29 is 17.9 Å². The number of benzene rings is 1. The summed E-state index contributed by atoms with van der Waals surface area (Å²) in [5, 5.41) is 0. The minimum Gasteiger partial charge on any atom is -0.468 e. The van der Waals surface area contributed by atoms with E-state index in [1.54, 1.807) is 6.07 Å². The van der Waals surface area contributed by atoms with Crippen LogP contribution >= 0.6 is 15.9 Å². The van der Waals surface area contributed by atoms with Gasteiger partial charge >= 0.3 is 5.97 Å². The van der Waals surface area contributed by atoms with E-state index in [-0.39, 0.29) is 18.0 Å². The molecule has 1 rings (SSSR count). The van der Waals surface area contributed by atoms with Crippen molar-refractivity contribution in [1.82, 2.24) is 4.31 Å². The molecule has 0 spiro atoms. The molecule has 2 N–H and O–H groups in total. The summed E-state index contributed by atoms with van der Waals surface area (Å²) >= 11 is 3.21.